The molecule has 2 heterocycles. The van der Waals surface area contributed by atoms with Gasteiger partial charge in [-0.15, -0.1) is 0 Å². The smallest absolute Gasteiger partial charge is 0.423 e. The van der Waals surface area contributed by atoms with Gasteiger partial charge >= 0.3 is 19.2 Å². The summed E-state index contributed by atoms with van der Waals surface area (Å²) in [6.45, 7) is 3.62. The average Bonchev–Trinajstić information content (AvgIpc) is 3.57. The zero-order chi connectivity index (χ0) is 36.3. The molecule has 1 aliphatic rings. The van der Waals surface area contributed by atoms with Crippen molar-refractivity contribution in [3.05, 3.63) is 90.1 Å². The number of benzene rings is 3. The monoisotopic (exact) mass is 695 g/mol. The van der Waals surface area contributed by atoms with E-state index in [1.807, 2.05) is 13.0 Å². The lowest BCUT2D eigenvalue weighted by Crippen LogP contribution is -2.56. The van der Waals surface area contributed by atoms with Gasteiger partial charge in [0.2, 0.25) is 0 Å². The van der Waals surface area contributed by atoms with Crippen LogP contribution in [0.4, 0.5) is 21.0 Å². The molecule has 0 saturated carbocycles. The number of nitrogens with zero attached hydrogens (tertiary/aromatic N) is 2. The van der Waals surface area contributed by atoms with Gasteiger partial charge in [0.25, 0.3) is 17.6 Å². The SMILES string of the molecule is CC1CN(C(=O)c2ccccc2)CCN1C(=O)C(=O)c1c[nH]c2c(NC(=O)NCCCCCCNC(=O)Nc3ccc(B(O)O)cc3)cccc12. The molecule has 0 bridgehead atoms. The number of H-pyrrole nitrogens is 1. The Hall–Kier alpha value is -5.67. The van der Waals surface area contributed by atoms with Crippen LogP contribution in [0, 0.1) is 0 Å². The van der Waals surface area contributed by atoms with Gasteiger partial charge in [0.1, 0.15) is 0 Å². The van der Waals surface area contributed by atoms with Crippen LogP contribution < -0.4 is 26.7 Å². The number of ketones is 1. The minimum Gasteiger partial charge on any atom is -0.423 e. The summed E-state index contributed by atoms with van der Waals surface area (Å²) in [6, 6.07) is 19.2. The first-order chi connectivity index (χ1) is 24.6. The molecule has 1 aliphatic heterocycles. The van der Waals surface area contributed by atoms with Crippen molar-refractivity contribution in [2.45, 2.75) is 38.6 Å². The number of carbonyl (C=O) groups excluding carboxylic acids is 5. The number of urea groups is 2. The van der Waals surface area contributed by atoms with Gasteiger partial charge in [0, 0.05) is 61.6 Å². The Morgan fingerprint density at radius 3 is 2.12 bits per heavy atom. The van der Waals surface area contributed by atoms with E-state index in [1.165, 1.54) is 23.2 Å². The van der Waals surface area contributed by atoms with Crippen molar-refractivity contribution in [1.29, 1.82) is 0 Å². The molecule has 7 N–H and O–H groups in total. The third-order valence-electron chi connectivity index (χ3n) is 8.74. The lowest BCUT2D eigenvalue weighted by Gasteiger charge is -2.39. The van der Waals surface area contributed by atoms with E-state index in [-0.39, 0.29) is 30.1 Å². The zero-order valence-corrected chi connectivity index (χ0v) is 28.4. The number of aromatic nitrogens is 1. The summed E-state index contributed by atoms with van der Waals surface area (Å²) in [5, 5.41) is 29.9. The van der Waals surface area contributed by atoms with Crippen molar-refractivity contribution in [2.75, 3.05) is 43.4 Å². The summed E-state index contributed by atoms with van der Waals surface area (Å²) < 4.78 is 0. The molecule has 6 amide bonds. The molecular formula is C36H42BN7O7. The number of Topliss-reactive ketones (excluding diaryl/α,β-unsaturated/α-hetero) is 1. The maximum Gasteiger partial charge on any atom is 0.488 e. The second-order valence-electron chi connectivity index (χ2n) is 12.4. The van der Waals surface area contributed by atoms with Crippen LogP contribution in [-0.2, 0) is 4.79 Å². The molecule has 1 aromatic heterocycles. The Labute approximate surface area is 295 Å². The fourth-order valence-corrected chi connectivity index (χ4v) is 5.99. The van der Waals surface area contributed by atoms with Crippen LogP contribution in [0.3, 0.4) is 0 Å². The van der Waals surface area contributed by atoms with Crippen LogP contribution in [0.15, 0.2) is 79.0 Å². The fourth-order valence-electron chi connectivity index (χ4n) is 5.99. The van der Waals surface area contributed by atoms with E-state index in [1.54, 1.807) is 59.5 Å². The van der Waals surface area contributed by atoms with Gasteiger partial charge in [-0.05, 0) is 55.6 Å². The topological polar surface area (TPSA) is 196 Å². The molecule has 1 unspecified atom stereocenters. The molecule has 14 nitrogen and oxygen atoms in total. The molecule has 1 fully saturated rings. The van der Waals surface area contributed by atoms with Crippen LogP contribution in [0.2, 0.25) is 0 Å². The van der Waals surface area contributed by atoms with Gasteiger partial charge in [-0.2, -0.15) is 0 Å². The third kappa shape index (κ3) is 9.53. The first kappa shape index (κ1) is 36.6. The molecular weight excluding hydrogens is 653 g/mol. The highest BCUT2D eigenvalue weighted by Crippen LogP contribution is 2.27. The van der Waals surface area contributed by atoms with E-state index in [9.17, 15) is 24.0 Å². The molecule has 0 spiro atoms. The summed E-state index contributed by atoms with van der Waals surface area (Å²) in [7, 11) is -1.56. The van der Waals surface area contributed by atoms with Crippen LogP contribution in [0.25, 0.3) is 10.9 Å². The number of rotatable bonds is 13. The molecule has 5 rings (SSSR count). The molecule has 3 aromatic carbocycles. The Balaban J connectivity index is 1.02. The zero-order valence-electron chi connectivity index (χ0n) is 28.4. The number of hydrogen-bond acceptors (Lipinski definition) is 7. The summed E-state index contributed by atoms with van der Waals surface area (Å²) in [5.41, 5.74) is 2.64. The van der Waals surface area contributed by atoms with Crippen LogP contribution in [-0.4, -0.2) is 100 Å². The van der Waals surface area contributed by atoms with Crippen molar-refractivity contribution in [2.24, 2.45) is 0 Å². The molecule has 1 saturated heterocycles. The maximum atomic E-state index is 13.4. The fraction of sp³-hybridized carbons (Fsp3) is 0.306. The summed E-state index contributed by atoms with van der Waals surface area (Å²) in [6.07, 6.45) is 4.68. The van der Waals surface area contributed by atoms with Gasteiger partial charge in [-0.25, -0.2) is 9.59 Å². The second kappa shape index (κ2) is 17.3. The van der Waals surface area contributed by atoms with Crippen molar-refractivity contribution >= 4 is 64.5 Å². The van der Waals surface area contributed by atoms with Crippen LogP contribution >= 0.6 is 0 Å². The number of aromatic amines is 1. The Kier molecular flexibility index (Phi) is 12.4. The number of piperazine rings is 1. The first-order valence-corrected chi connectivity index (χ1v) is 17.0. The van der Waals surface area contributed by atoms with Crippen LogP contribution in [0.1, 0.15) is 53.3 Å². The highest BCUT2D eigenvalue weighted by molar-refractivity contribution is 6.58. The quantitative estimate of drug-likeness (QED) is 0.0483. The van der Waals surface area contributed by atoms with Crippen molar-refractivity contribution < 1.29 is 34.0 Å². The molecule has 0 radical (unpaired) electrons. The standard InChI is InChI=1S/C36H42BN7O7/c1-24-23-43(33(46)25-10-5-4-6-11-25)20-21-44(24)34(47)32(45)29-22-40-31-28(29)12-9-13-30(31)42-36(49)39-19-8-3-2-7-18-38-35(48)41-27-16-14-26(15-17-27)37(50)51/h4-6,9-17,22,24,40,50-51H,2-3,7-8,18-21,23H2,1H3,(H2,38,41,48)(H2,39,42,49). The van der Waals surface area contributed by atoms with E-state index < -0.39 is 24.8 Å². The van der Waals surface area contributed by atoms with Crippen molar-refractivity contribution in [1.82, 2.24) is 25.4 Å². The number of fused-ring (bicyclic) bond motifs is 1. The number of amides is 6. The Morgan fingerprint density at radius 2 is 1.47 bits per heavy atom. The van der Waals surface area contributed by atoms with Gasteiger partial charge < -0.3 is 46.1 Å². The predicted molar refractivity (Wildman–Crippen MR) is 195 cm³/mol. The maximum absolute atomic E-state index is 13.4. The van der Waals surface area contributed by atoms with Gasteiger partial charge in [0.15, 0.2) is 0 Å². The summed E-state index contributed by atoms with van der Waals surface area (Å²) >= 11 is 0. The highest BCUT2D eigenvalue weighted by atomic mass is 16.4. The van der Waals surface area contributed by atoms with Gasteiger partial charge in [-0.3, -0.25) is 14.4 Å². The third-order valence-corrected chi connectivity index (χ3v) is 8.74. The Bertz CT molecular complexity index is 1850. The number of nitrogens with one attached hydrogen (secondary N) is 5. The van der Waals surface area contributed by atoms with E-state index in [0.717, 1.165) is 25.7 Å². The minimum absolute atomic E-state index is 0.110. The van der Waals surface area contributed by atoms with E-state index in [2.05, 4.69) is 26.3 Å². The van der Waals surface area contributed by atoms with E-state index in [4.69, 9.17) is 10.0 Å². The highest BCUT2D eigenvalue weighted by Gasteiger charge is 2.34. The van der Waals surface area contributed by atoms with Gasteiger partial charge in [0.05, 0.1) is 16.8 Å². The number of carbonyl (C=O) groups is 5. The number of anilines is 2. The molecule has 266 valence electrons. The number of unbranched alkanes of at least 4 members (excludes halogenated alkanes) is 3. The molecule has 15 heteroatoms. The lowest BCUT2D eigenvalue weighted by atomic mass is 9.80. The summed E-state index contributed by atoms with van der Waals surface area (Å²) in [4.78, 5) is 70.6. The van der Waals surface area contributed by atoms with Crippen molar-refractivity contribution in [3.63, 3.8) is 0 Å². The minimum atomic E-state index is -1.56. The average molecular weight is 696 g/mol. The first-order valence-electron chi connectivity index (χ1n) is 17.0. The normalized spacial score (nSPS) is 14.1. The second-order valence-corrected chi connectivity index (χ2v) is 12.4. The lowest BCUT2D eigenvalue weighted by molar-refractivity contribution is -0.130. The Morgan fingerprint density at radius 1 is 0.804 bits per heavy atom. The van der Waals surface area contributed by atoms with Crippen LogP contribution in [0.5, 0.6) is 0 Å². The van der Waals surface area contributed by atoms with E-state index in [0.29, 0.717) is 59.5 Å². The predicted octanol–water partition coefficient (Wildman–Crippen LogP) is 2.91. The summed E-state index contributed by atoms with van der Waals surface area (Å²) in [5.74, 6) is -1.41. The molecule has 4 aromatic rings. The molecule has 1 atom stereocenters. The molecule has 51 heavy (non-hydrogen) atoms. The number of hydrogen-bond donors (Lipinski definition) is 7. The van der Waals surface area contributed by atoms with Gasteiger partial charge in [-0.1, -0.05) is 55.3 Å². The number of para-hydroxylation sites is 1. The largest absolute Gasteiger partial charge is 0.488 e. The van der Waals surface area contributed by atoms with E-state index >= 15 is 0 Å². The van der Waals surface area contributed by atoms with Crippen molar-refractivity contribution in [3.8, 4) is 0 Å². The molecule has 0 aliphatic carbocycles.